The number of rotatable bonds is 1. The van der Waals surface area contributed by atoms with E-state index in [1.54, 1.807) is 0 Å². The summed E-state index contributed by atoms with van der Waals surface area (Å²) < 4.78 is 12.2. The fourth-order valence-electron chi connectivity index (χ4n) is 3.22. The zero-order chi connectivity index (χ0) is 14.9. The van der Waals surface area contributed by atoms with Gasteiger partial charge in [0.2, 0.25) is 0 Å². The highest BCUT2D eigenvalue weighted by atomic mass is 16.5. The summed E-state index contributed by atoms with van der Waals surface area (Å²) in [5, 5.41) is 0. The number of hydrogen-bond acceptors (Lipinski definition) is 3. The quantitative estimate of drug-likeness (QED) is 0.725. The van der Waals surface area contributed by atoms with E-state index >= 15 is 0 Å². The summed E-state index contributed by atoms with van der Waals surface area (Å²) in [5.41, 5.74) is 2.18. The normalized spacial score (nSPS) is 28.3. The van der Waals surface area contributed by atoms with Gasteiger partial charge in [0, 0.05) is 23.0 Å². The molecule has 0 N–H and O–H groups in total. The van der Waals surface area contributed by atoms with Crippen molar-refractivity contribution in [2.24, 2.45) is 0 Å². The van der Waals surface area contributed by atoms with Crippen LogP contribution in [0.3, 0.4) is 0 Å². The van der Waals surface area contributed by atoms with Gasteiger partial charge in [-0.25, -0.2) is 0 Å². The van der Waals surface area contributed by atoms with Gasteiger partial charge in [-0.2, -0.15) is 0 Å². The fourth-order valence-corrected chi connectivity index (χ4v) is 3.22. The third-order valence-corrected chi connectivity index (χ3v) is 5.19. The van der Waals surface area contributed by atoms with E-state index in [0.29, 0.717) is 5.56 Å². The van der Waals surface area contributed by atoms with Gasteiger partial charge >= 0.3 is 0 Å². The minimum Gasteiger partial charge on any atom is -0.487 e. The van der Waals surface area contributed by atoms with Crippen molar-refractivity contribution >= 4 is 6.29 Å². The van der Waals surface area contributed by atoms with Gasteiger partial charge in [-0.05, 0) is 33.8 Å². The molecule has 0 aromatic heterocycles. The third-order valence-electron chi connectivity index (χ3n) is 5.19. The van der Waals surface area contributed by atoms with Crippen molar-refractivity contribution in [2.75, 3.05) is 0 Å². The second kappa shape index (κ2) is 3.78. The molecule has 3 rings (SSSR count). The average molecular weight is 274 g/mol. The second-order valence-electron chi connectivity index (χ2n) is 7.09. The summed E-state index contributed by atoms with van der Waals surface area (Å²) in [4.78, 5) is 11.7. The van der Waals surface area contributed by atoms with Gasteiger partial charge in [-0.15, -0.1) is 0 Å². The monoisotopic (exact) mass is 274 g/mol. The summed E-state index contributed by atoms with van der Waals surface area (Å²) >= 11 is 0. The Bertz CT molecular complexity index is 597. The zero-order valence-electron chi connectivity index (χ0n) is 13.0. The first kappa shape index (κ1) is 13.5. The second-order valence-corrected chi connectivity index (χ2v) is 7.09. The zero-order valence-corrected chi connectivity index (χ0v) is 13.0. The highest BCUT2D eigenvalue weighted by Crippen LogP contribution is 2.54. The summed E-state index contributed by atoms with van der Waals surface area (Å²) in [6.45, 7) is 12.5. The summed E-state index contributed by atoms with van der Waals surface area (Å²) in [6, 6.07) is 2.07. The lowest BCUT2D eigenvalue weighted by Crippen LogP contribution is -2.29. The molecule has 0 amide bonds. The number of carbonyl (C=O) groups excluding carboxylic acids is 1. The van der Waals surface area contributed by atoms with Crippen LogP contribution >= 0.6 is 0 Å². The molecule has 0 aliphatic carbocycles. The number of ether oxygens (including phenoxy) is 2. The standard InChI is InChI=1S/C17H22O3/c1-9-11-7-13-14(10(2)17(5,6)19-13)12(8-18)15(11)20-16(9,3)4/h7-10H,1-6H3. The Labute approximate surface area is 120 Å². The Morgan fingerprint density at radius 3 is 2.25 bits per heavy atom. The third kappa shape index (κ3) is 1.55. The first-order chi connectivity index (χ1) is 9.19. The van der Waals surface area contributed by atoms with E-state index in [2.05, 4.69) is 47.6 Å². The molecule has 1 aromatic rings. The number of carbonyl (C=O) groups is 1. The van der Waals surface area contributed by atoms with Crippen molar-refractivity contribution in [3.8, 4) is 11.5 Å². The molecule has 2 aliphatic rings. The van der Waals surface area contributed by atoms with Gasteiger partial charge in [0.1, 0.15) is 22.7 Å². The maximum atomic E-state index is 11.7. The Balaban J connectivity index is 2.26. The minimum absolute atomic E-state index is 0.172. The van der Waals surface area contributed by atoms with Crippen LogP contribution in [-0.4, -0.2) is 17.5 Å². The Kier molecular flexibility index (Phi) is 2.54. The maximum absolute atomic E-state index is 11.7. The molecule has 108 valence electrons. The molecule has 0 radical (unpaired) electrons. The molecule has 2 aliphatic heterocycles. The van der Waals surface area contributed by atoms with Crippen LogP contribution in [0, 0.1) is 0 Å². The predicted octanol–water partition coefficient (Wildman–Crippen LogP) is 4.05. The maximum Gasteiger partial charge on any atom is 0.154 e. The van der Waals surface area contributed by atoms with E-state index in [9.17, 15) is 4.79 Å². The highest BCUT2D eigenvalue weighted by Gasteiger charge is 2.46. The fraction of sp³-hybridized carbons (Fsp3) is 0.588. The molecule has 0 fully saturated rings. The molecule has 0 spiro atoms. The van der Waals surface area contributed by atoms with E-state index in [1.165, 1.54) is 0 Å². The van der Waals surface area contributed by atoms with Crippen molar-refractivity contribution in [1.82, 2.24) is 0 Å². The van der Waals surface area contributed by atoms with E-state index < -0.39 is 0 Å². The van der Waals surface area contributed by atoms with Crippen LogP contribution in [0.1, 0.15) is 74.9 Å². The summed E-state index contributed by atoms with van der Waals surface area (Å²) in [6.07, 6.45) is 0.924. The molecule has 3 heteroatoms. The lowest BCUT2D eigenvalue weighted by molar-refractivity contribution is 0.106. The average Bonchev–Trinajstić information content (AvgIpc) is 2.71. The summed E-state index contributed by atoms with van der Waals surface area (Å²) in [7, 11) is 0. The number of aldehydes is 1. The van der Waals surface area contributed by atoms with E-state index in [0.717, 1.165) is 28.9 Å². The van der Waals surface area contributed by atoms with E-state index in [1.807, 2.05) is 0 Å². The van der Waals surface area contributed by atoms with Crippen molar-refractivity contribution in [1.29, 1.82) is 0 Å². The molecular weight excluding hydrogens is 252 g/mol. The molecule has 0 saturated heterocycles. The first-order valence-electron chi connectivity index (χ1n) is 7.23. The highest BCUT2D eigenvalue weighted by molar-refractivity contribution is 5.86. The van der Waals surface area contributed by atoms with Gasteiger partial charge in [0.25, 0.3) is 0 Å². The molecule has 2 unspecified atom stereocenters. The van der Waals surface area contributed by atoms with Crippen LogP contribution in [0.25, 0.3) is 0 Å². The van der Waals surface area contributed by atoms with Crippen molar-refractivity contribution in [3.63, 3.8) is 0 Å². The topological polar surface area (TPSA) is 35.5 Å². The first-order valence-corrected chi connectivity index (χ1v) is 7.23. The molecule has 2 heterocycles. The Hall–Kier alpha value is -1.51. The van der Waals surface area contributed by atoms with Crippen molar-refractivity contribution in [3.05, 3.63) is 22.8 Å². The van der Waals surface area contributed by atoms with Crippen LogP contribution in [-0.2, 0) is 0 Å². The van der Waals surface area contributed by atoms with E-state index in [4.69, 9.17) is 9.47 Å². The van der Waals surface area contributed by atoms with Gasteiger partial charge in [0.05, 0.1) is 5.56 Å². The van der Waals surface area contributed by atoms with Gasteiger partial charge in [-0.3, -0.25) is 4.79 Å². The van der Waals surface area contributed by atoms with Crippen LogP contribution in [0.5, 0.6) is 11.5 Å². The molecule has 2 atom stereocenters. The van der Waals surface area contributed by atoms with Gasteiger partial charge in [-0.1, -0.05) is 13.8 Å². The Morgan fingerprint density at radius 2 is 1.65 bits per heavy atom. The molecule has 1 aromatic carbocycles. The minimum atomic E-state index is -0.284. The smallest absolute Gasteiger partial charge is 0.154 e. The van der Waals surface area contributed by atoms with Crippen LogP contribution in [0.15, 0.2) is 6.07 Å². The number of fused-ring (bicyclic) bond motifs is 2. The molecule has 0 bridgehead atoms. The number of hydrogen-bond donors (Lipinski definition) is 0. The molecule has 3 nitrogen and oxygen atoms in total. The molecule has 0 saturated carbocycles. The van der Waals surface area contributed by atoms with Gasteiger partial charge < -0.3 is 9.47 Å². The van der Waals surface area contributed by atoms with Gasteiger partial charge in [0.15, 0.2) is 6.29 Å². The lowest BCUT2D eigenvalue weighted by Gasteiger charge is -2.24. The Morgan fingerprint density at radius 1 is 1.05 bits per heavy atom. The summed E-state index contributed by atoms with van der Waals surface area (Å²) in [5.74, 6) is 2.01. The predicted molar refractivity (Wildman–Crippen MR) is 78.1 cm³/mol. The molecule has 20 heavy (non-hydrogen) atoms. The number of benzene rings is 1. The lowest BCUT2D eigenvalue weighted by atomic mass is 9.83. The van der Waals surface area contributed by atoms with Crippen LogP contribution < -0.4 is 9.47 Å². The van der Waals surface area contributed by atoms with Crippen LogP contribution in [0.4, 0.5) is 0 Å². The molecular formula is C17H22O3. The van der Waals surface area contributed by atoms with Crippen LogP contribution in [0.2, 0.25) is 0 Å². The van der Waals surface area contributed by atoms with Crippen molar-refractivity contribution < 1.29 is 14.3 Å². The van der Waals surface area contributed by atoms with Crippen molar-refractivity contribution in [2.45, 2.75) is 64.6 Å². The van der Waals surface area contributed by atoms with E-state index in [-0.39, 0.29) is 23.0 Å². The SMILES string of the molecule is CC1c2cc3c(c(C=O)c2OC1(C)C)C(C)C(C)(C)O3. The largest absolute Gasteiger partial charge is 0.487 e.